The third kappa shape index (κ3) is 2.03. The molecule has 0 radical (unpaired) electrons. The Morgan fingerprint density at radius 2 is 1.83 bits per heavy atom. The number of rotatable bonds is 1. The summed E-state index contributed by atoms with van der Waals surface area (Å²) in [5.74, 6) is -2.98. The van der Waals surface area contributed by atoms with E-state index in [0.29, 0.717) is 23.5 Å². The number of hydrogen-bond acceptors (Lipinski definition) is 4. The molecule has 4 aliphatic rings. The van der Waals surface area contributed by atoms with Crippen LogP contribution >= 0.6 is 15.9 Å². The molecule has 6 nitrogen and oxygen atoms in total. The number of carbonyl (C=O) groups excluding carboxylic acids is 3. The van der Waals surface area contributed by atoms with Crippen molar-refractivity contribution in [2.75, 3.05) is 16.8 Å². The topological polar surface area (TPSA) is 69.7 Å². The van der Waals surface area contributed by atoms with E-state index in [1.54, 1.807) is 24.3 Å². The lowest BCUT2D eigenvalue weighted by atomic mass is 9.75. The summed E-state index contributed by atoms with van der Waals surface area (Å²) in [7, 11) is 0. The van der Waals surface area contributed by atoms with Gasteiger partial charge in [-0.15, -0.1) is 0 Å². The van der Waals surface area contributed by atoms with Crippen LogP contribution in [0.5, 0.6) is 0 Å². The predicted octanol–water partition coefficient (Wildman–Crippen LogP) is 3.02. The molecule has 1 N–H and O–H groups in total. The molecule has 1 spiro atoms. The quantitative estimate of drug-likeness (QED) is 0.651. The lowest BCUT2D eigenvalue weighted by Crippen LogP contribution is -2.54. The molecule has 0 bridgehead atoms. The Hall–Kier alpha value is -2.58. The number of fused-ring (bicyclic) bond motifs is 7. The number of nitrogens with one attached hydrogen (secondary N) is 1. The Kier molecular flexibility index (Phi) is 3.63. The molecule has 30 heavy (non-hydrogen) atoms. The smallest absolute Gasteiger partial charge is 0.250 e. The molecule has 3 saturated heterocycles. The van der Waals surface area contributed by atoms with Crippen LogP contribution in [-0.2, 0) is 19.9 Å². The predicted molar refractivity (Wildman–Crippen MR) is 110 cm³/mol. The van der Waals surface area contributed by atoms with Gasteiger partial charge in [-0.3, -0.25) is 19.3 Å². The van der Waals surface area contributed by atoms with Gasteiger partial charge in [0.15, 0.2) is 0 Å². The van der Waals surface area contributed by atoms with Crippen LogP contribution in [0.25, 0.3) is 0 Å². The first-order chi connectivity index (χ1) is 14.4. The first kappa shape index (κ1) is 18.2. The number of imide groups is 1. The van der Waals surface area contributed by atoms with Crippen LogP contribution in [0.3, 0.4) is 0 Å². The molecule has 4 heterocycles. The van der Waals surface area contributed by atoms with Gasteiger partial charge in [0.2, 0.25) is 17.7 Å². The van der Waals surface area contributed by atoms with Gasteiger partial charge in [0.25, 0.3) is 0 Å². The molecule has 0 saturated carbocycles. The van der Waals surface area contributed by atoms with Gasteiger partial charge in [0.1, 0.15) is 11.4 Å². The zero-order valence-electron chi connectivity index (χ0n) is 15.8. The number of anilines is 2. The fourth-order valence-electron chi connectivity index (χ4n) is 6.02. The number of halogens is 2. The van der Waals surface area contributed by atoms with E-state index in [1.165, 1.54) is 23.1 Å². The van der Waals surface area contributed by atoms with Crippen LogP contribution in [0, 0.1) is 17.7 Å². The Labute approximate surface area is 180 Å². The highest BCUT2D eigenvalue weighted by molar-refractivity contribution is 9.10. The molecule has 3 amide bonds. The fraction of sp³-hybridized carbons (Fsp3) is 0.318. The second-order valence-corrected chi connectivity index (χ2v) is 9.22. The molecule has 3 fully saturated rings. The molecular formula is C22H17BrFN3O3. The average molecular weight is 470 g/mol. The van der Waals surface area contributed by atoms with Crippen molar-refractivity contribution >= 4 is 45.0 Å². The van der Waals surface area contributed by atoms with Crippen molar-refractivity contribution in [1.82, 2.24) is 4.90 Å². The van der Waals surface area contributed by atoms with Crippen molar-refractivity contribution in [2.45, 2.75) is 24.4 Å². The summed E-state index contributed by atoms with van der Waals surface area (Å²) >= 11 is 3.37. The summed E-state index contributed by atoms with van der Waals surface area (Å²) in [4.78, 5) is 43.8. The third-order valence-corrected chi connectivity index (χ3v) is 7.57. The van der Waals surface area contributed by atoms with Crippen molar-refractivity contribution in [3.05, 3.63) is 58.3 Å². The van der Waals surface area contributed by atoms with Gasteiger partial charge in [-0.25, -0.2) is 9.29 Å². The van der Waals surface area contributed by atoms with E-state index in [4.69, 9.17) is 0 Å². The lowest BCUT2D eigenvalue weighted by Gasteiger charge is -2.36. The van der Waals surface area contributed by atoms with Crippen LogP contribution in [0.4, 0.5) is 15.8 Å². The fourth-order valence-corrected chi connectivity index (χ4v) is 6.28. The van der Waals surface area contributed by atoms with E-state index in [-0.39, 0.29) is 17.9 Å². The number of carbonyl (C=O) groups is 3. The van der Waals surface area contributed by atoms with E-state index < -0.39 is 29.1 Å². The largest absolute Gasteiger partial charge is 0.324 e. The summed E-state index contributed by atoms with van der Waals surface area (Å²) in [6, 6.07) is 10.9. The molecule has 4 aliphatic heterocycles. The molecule has 6 rings (SSSR count). The summed E-state index contributed by atoms with van der Waals surface area (Å²) in [5.41, 5.74) is 0.112. The highest BCUT2D eigenvalue weighted by Crippen LogP contribution is 2.60. The maximum atomic E-state index is 14.2. The molecule has 4 atom stereocenters. The van der Waals surface area contributed by atoms with Crippen molar-refractivity contribution in [2.24, 2.45) is 11.8 Å². The van der Waals surface area contributed by atoms with Crippen molar-refractivity contribution in [1.29, 1.82) is 0 Å². The molecule has 152 valence electrons. The SMILES string of the molecule is O=C1C2C3CCCN3C3(C(=O)Nc4ccc(F)cc43)C2C(=O)N1c1ccc(Br)cc1. The summed E-state index contributed by atoms with van der Waals surface area (Å²) in [5, 5.41) is 2.84. The van der Waals surface area contributed by atoms with Crippen LogP contribution in [0.1, 0.15) is 18.4 Å². The molecule has 0 aromatic heterocycles. The highest BCUT2D eigenvalue weighted by atomic mass is 79.9. The standard InChI is InChI=1S/C22H17BrFN3O3/c23-11-3-6-13(7-4-11)27-19(28)17-16-2-1-9-26(16)22(18(17)20(27)29)14-10-12(24)5-8-15(14)25-21(22)30/h3-8,10,16-18H,1-2,9H2,(H,25,30). The minimum absolute atomic E-state index is 0.216. The minimum Gasteiger partial charge on any atom is -0.324 e. The monoisotopic (exact) mass is 469 g/mol. The van der Waals surface area contributed by atoms with Crippen molar-refractivity contribution < 1.29 is 18.8 Å². The Morgan fingerprint density at radius 3 is 2.60 bits per heavy atom. The Morgan fingerprint density at radius 1 is 1.07 bits per heavy atom. The molecule has 8 heteroatoms. The van der Waals surface area contributed by atoms with Gasteiger partial charge in [-0.05, 0) is 61.9 Å². The van der Waals surface area contributed by atoms with Gasteiger partial charge in [0.05, 0.1) is 17.5 Å². The van der Waals surface area contributed by atoms with Crippen LogP contribution in [-0.4, -0.2) is 35.2 Å². The van der Waals surface area contributed by atoms with Crippen molar-refractivity contribution in [3.63, 3.8) is 0 Å². The molecule has 4 unspecified atom stereocenters. The first-order valence-electron chi connectivity index (χ1n) is 9.96. The van der Waals surface area contributed by atoms with E-state index in [0.717, 1.165) is 17.3 Å². The van der Waals surface area contributed by atoms with Gasteiger partial charge < -0.3 is 5.32 Å². The molecule has 2 aromatic rings. The summed E-state index contributed by atoms with van der Waals surface area (Å²) in [6.07, 6.45) is 1.56. The van der Waals surface area contributed by atoms with Crippen molar-refractivity contribution in [3.8, 4) is 0 Å². The van der Waals surface area contributed by atoms with Gasteiger partial charge in [-0.2, -0.15) is 0 Å². The first-order valence-corrected chi connectivity index (χ1v) is 10.8. The van der Waals surface area contributed by atoms with Gasteiger partial charge in [0, 0.05) is 21.8 Å². The van der Waals surface area contributed by atoms with Gasteiger partial charge in [-0.1, -0.05) is 15.9 Å². The Balaban J connectivity index is 1.56. The minimum atomic E-state index is -1.35. The van der Waals surface area contributed by atoms with Crippen LogP contribution in [0.15, 0.2) is 46.9 Å². The number of benzene rings is 2. The second-order valence-electron chi connectivity index (χ2n) is 8.31. The molecular weight excluding hydrogens is 453 g/mol. The third-order valence-electron chi connectivity index (χ3n) is 7.04. The number of hydrogen-bond donors (Lipinski definition) is 1. The highest BCUT2D eigenvalue weighted by Gasteiger charge is 2.74. The van der Waals surface area contributed by atoms with Crippen LogP contribution < -0.4 is 10.2 Å². The number of amides is 3. The summed E-state index contributed by atoms with van der Waals surface area (Å²) in [6.45, 7) is 0.597. The van der Waals surface area contributed by atoms with E-state index in [9.17, 15) is 18.8 Å². The summed E-state index contributed by atoms with van der Waals surface area (Å²) < 4.78 is 15.1. The zero-order chi connectivity index (χ0) is 20.8. The van der Waals surface area contributed by atoms with E-state index >= 15 is 0 Å². The van der Waals surface area contributed by atoms with E-state index in [2.05, 4.69) is 21.2 Å². The second kappa shape index (κ2) is 5.98. The lowest BCUT2D eigenvalue weighted by molar-refractivity contribution is -0.135. The average Bonchev–Trinajstić information content (AvgIpc) is 3.42. The van der Waals surface area contributed by atoms with Crippen LogP contribution in [0.2, 0.25) is 0 Å². The number of nitrogens with zero attached hydrogens (tertiary/aromatic N) is 2. The maximum absolute atomic E-state index is 14.2. The normalized spacial score (nSPS) is 32.0. The molecule has 0 aliphatic carbocycles. The molecule has 2 aromatic carbocycles. The van der Waals surface area contributed by atoms with E-state index in [1.807, 2.05) is 4.90 Å². The maximum Gasteiger partial charge on any atom is 0.250 e. The zero-order valence-corrected chi connectivity index (χ0v) is 17.4. The van der Waals surface area contributed by atoms with Gasteiger partial charge >= 0.3 is 0 Å². The Bertz CT molecular complexity index is 1140.